The van der Waals surface area contributed by atoms with Crippen molar-refractivity contribution >= 4 is 21.7 Å². The molecule has 0 aromatic carbocycles. The first-order valence-corrected chi connectivity index (χ1v) is 6.97. The number of carbonyl (C=O) groups is 2. The Bertz CT molecular complexity index is 415. The molecule has 0 aromatic rings. The van der Waals surface area contributed by atoms with Gasteiger partial charge in [0.1, 0.15) is 5.54 Å². The maximum absolute atomic E-state index is 11.7. The van der Waals surface area contributed by atoms with Crippen molar-refractivity contribution in [3.63, 3.8) is 0 Å². The van der Waals surface area contributed by atoms with Crippen LogP contribution in [0.4, 0.5) is 0 Å². The Morgan fingerprint density at radius 1 is 1.35 bits per heavy atom. The zero-order valence-corrected chi connectivity index (χ0v) is 10.4. The minimum atomic E-state index is -3.05. The van der Waals surface area contributed by atoms with E-state index in [0.29, 0.717) is 0 Å². The van der Waals surface area contributed by atoms with Gasteiger partial charge in [-0.2, -0.15) is 0 Å². The molecule has 0 aliphatic carbocycles. The molecule has 7 nitrogen and oxygen atoms in total. The average molecular weight is 264 g/mol. The Hall–Kier alpha value is -1.15. The summed E-state index contributed by atoms with van der Waals surface area (Å²) in [6.45, 7) is 1.47. The highest BCUT2D eigenvalue weighted by Gasteiger charge is 2.34. The predicted molar refractivity (Wildman–Crippen MR) is 60.1 cm³/mol. The summed E-state index contributed by atoms with van der Waals surface area (Å²) in [6.07, 6.45) is -0.331. The molecule has 1 atom stereocenters. The molecule has 0 bridgehead atoms. The lowest BCUT2D eigenvalue weighted by molar-refractivity contribution is -0.146. The Kier molecular flexibility index (Phi) is 3.78. The molecule has 1 aliphatic heterocycles. The van der Waals surface area contributed by atoms with Crippen LogP contribution in [-0.4, -0.2) is 60.4 Å². The summed E-state index contributed by atoms with van der Waals surface area (Å²) in [5, 5.41) is 8.78. The Labute approximate surface area is 99.5 Å². The van der Waals surface area contributed by atoms with Crippen molar-refractivity contribution in [3.05, 3.63) is 0 Å². The van der Waals surface area contributed by atoms with E-state index in [9.17, 15) is 18.0 Å². The van der Waals surface area contributed by atoms with Crippen LogP contribution < -0.4 is 5.73 Å². The second-order valence-corrected chi connectivity index (χ2v) is 6.74. The standard InChI is InChI=1S/C9H16N2O5S/c1-9(10,8(13)14)6-7(12)11-2-4-17(15,16)5-3-11/h2-6,10H2,1H3,(H,13,14). The van der Waals surface area contributed by atoms with Gasteiger partial charge in [-0.3, -0.25) is 9.59 Å². The number of nitrogens with zero attached hydrogens (tertiary/aromatic N) is 1. The summed E-state index contributed by atoms with van der Waals surface area (Å²) in [5.74, 6) is -1.83. The first kappa shape index (κ1) is 13.9. The number of amides is 1. The number of hydrogen-bond acceptors (Lipinski definition) is 5. The van der Waals surface area contributed by atoms with Crippen LogP contribution in [-0.2, 0) is 19.4 Å². The predicted octanol–water partition coefficient (Wildman–Crippen LogP) is -1.56. The van der Waals surface area contributed by atoms with Gasteiger partial charge in [0.2, 0.25) is 5.91 Å². The van der Waals surface area contributed by atoms with Crippen molar-refractivity contribution in [1.82, 2.24) is 4.90 Å². The van der Waals surface area contributed by atoms with E-state index >= 15 is 0 Å². The third-order valence-corrected chi connectivity index (χ3v) is 4.31. The third-order valence-electron chi connectivity index (χ3n) is 2.70. The third kappa shape index (κ3) is 3.67. The molecule has 1 fully saturated rings. The lowest BCUT2D eigenvalue weighted by atomic mass is 9.99. The maximum atomic E-state index is 11.7. The Morgan fingerprint density at radius 3 is 2.24 bits per heavy atom. The molecule has 0 radical (unpaired) electrons. The van der Waals surface area contributed by atoms with Gasteiger partial charge in [0.15, 0.2) is 9.84 Å². The number of carboxylic acids is 1. The first-order chi connectivity index (χ1) is 7.64. The summed E-state index contributed by atoms with van der Waals surface area (Å²) in [5.41, 5.74) is 3.84. The molecule has 3 N–H and O–H groups in total. The van der Waals surface area contributed by atoms with E-state index < -0.39 is 27.3 Å². The molecule has 17 heavy (non-hydrogen) atoms. The Balaban J connectivity index is 2.59. The number of carbonyl (C=O) groups excluding carboxylic acids is 1. The monoisotopic (exact) mass is 264 g/mol. The number of sulfone groups is 1. The van der Waals surface area contributed by atoms with E-state index in [-0.39, 0.29) is 31.0 Å². The highest BCUT2D eigenvalue weighted by atomic mass is 32.2. The second-order valence-electron chi connectivity index (χ2n) is 4.43. The van der Waals surface area contributed by atoms with Crippen molar-refractivity contribution in [2.24, 2.45) is 5.73 Å². The number of nitrogens with two attached hydrogens (primary N) is 1. The van der Waals surface area contributed by atoms with Gasteiger partial charge in [-0.05, 0) is 6.92 Å². The van der Waals surface area contributed by atoms with E-state index in [1.807, 2.05) is 0 Å². The van der Waals surface area contributed by atoms with Crippen LogP contribution >= 0.6 is 0 Å². The van der Waals surface area contributed by atoms with Gasteiger partial charge < -0.3 is 15.7 Å². The normalized spacial score (nSPS) is 22.8. The van der Waals surface area contributed by atoms with Gasteiger partial charge in [-0.1, -0.05) is 0 Å². The molecule has 1 amide bonds. The van der Waals surface area contributed by atoms with Crippen LogP contribution in [0.25, 0.3) is 0 Å². The molecule has 1 aliphatic rings. The number of rotatable bonds is 3. The number of carboxylic acid groups (broad SMARTS) is 1. The molecule has 1 heterocycles. The van der Waals surface area contributed by atoms with Crippen LogP contribution in [0.2, 0.25) is 0 Å². The van der Waals surface area contributed by atoms with E-state index in [2.05, 4.69) is 0 Å². The molecule has 0 aromatic heterocycles. The molecular formula is C9H16N2O5S. The highest BCUT2D eigenvalue weighted by molar-refractivity contribution is 7.91. The molecular weight excluding hydrogens is 248 g/mol. The van der Waals surface area contributed by atoms with Gasteiger partial charge in [0.25, 0.3) is 0 Å². The van der Waals surface area contributed by atoms with E-state index in [4.69, 9.17) is 10.8 Å². The fraction of sp³-hybridized carbons (Fsp3) is 0.778. The average Bonchev–Trinajstić information content (AvgIpc) is 2.16. The lowest BCUT2D eigenvalue weighted by Crippen LogP contribution is -2.51. The fourth-order valence-corrected chi connectivity index (χ4v) is 2.66. The quantitative estimate of drug-likeness (QED) is 0.636. The molecule has 1 rings (SSSR count). The molecule has 1 saturated heterocycles. The summed E-state index contributed by atoms with van der Waals surface area (Å²) in [4.78, 5) is 23.8. The summed E-state index contributed by atoms with van der Waals surface area (Å²) >= 11 is 0. The van der Waals surface area contributed by atoms with E-state index in [0.717, 1.165) is 0 Å². The molecule has 1 unspecified atom stereocenters. The molecule has 8 heteroatoms. The van der Waals surface area contributed by atoms with Crippen LogP contribution in [0.3, 0.4) is 0 Å². The van der Waals surface area contributed by atoms with Gasteiger partial charge >= 0.3 is 5.97 Å². The second kappa shape index (κ2) is 4.61. The van der Waals surface area contributed by atoms with Crippen LogP contribution in [0.15, 0.2) is 0 Å². The maximum Gasteiger partial charge on any atom is 0.323 e. The van der Waals surface area contributed by atoms with Crippen LogP contribution in [0, 0.1) is 0 Å². The first-order valence-electron chi connectivity index (χ1n) is 5.14. The van der Waals surface area contributed by atoms with E-state index in [1.165, 1.54) is 11.8 Å². The van der Waals surface area contributed by atoms with Crippen molar-refractivity contribution in [2.45, 2.75) is 18.9 Å². The van der Waals surface area contributed by atoms with Crippen LogP contribution in [0.1, 0.15) is 13.3 Å². The fourth-order valence-electron chi connectivity index (χ4n) is 1.46. The zero-order chi connectivity index (χ0) is 13.3. The van der Waals surface area contributed by atoms with Crippen molar-refractivity contribution in [1.29, 1.82) is 0 Å². The van der Waals surface area contributed by atoms with Gasteiger partial charge in [0.05, 0.1) is 17.9 Å². The largest absolute Gasteiger partial charge is 0.480 e. The highest BCUT2D eigenvalue weighted by Crippen LogP contribution is 2.11. The van der Waals surface area contributed by atoms with Crippen LogP contribution in [0.5, 0.6) is 0 Å². The lowest BCUT2D eigenvalue weighted by Gasteiger charge is -2.29. The topological polar surface area (TPSA) is 118 Å². The van der Waals surface area contributed by atoms with Crippen molar-refractivity contribution in [3.8, 4) is 0 Å². The molecule has 0 saturated carbocycles. The smallest absolute Gasteiger partial charge is 0.323 e. The zero-order valence-electron chi connectivity index (χ0n) is 9.55. The van der Waals surface area contributed by atoms with Gasteiger partial charge in [0, 0.05) is 13.1 Å². The molecule has 0 spiro atoms. The van der Waals surface area contributed by atoms with Gasteiger partial charge in [-0.15, -0.1) is 0 Å². The minimum absolute atomic E-state index is 0.0763. The summed E-state index contributed by atoms with van der Waals surface area (Å²) in [6, 6.07) is 0. The minimum Gasteiger partial charge on any atom is -0.480 e. The number of hydrogen-bond donors (Lipinski definition) is 2. The van der Waals surface area contributed by atoms with Crippen molar-refractivity contribution < 1.29 is 23.1 Å². The van der Waals surface area contributed by atoms with Crippen molar-refractivity contribution in [2.75, 3.05) is 24.6 Å². The molecule has 98 valence electrons. The number of aliphatic carboxylic acids is 1. The Morgan fingerprint density at radius 2 is 1.82 bits per heavy atom. The van der Waals surface area contributed by atoms with Gasteiger partial charge in [-0.25, -0.2) is 8.42 Å². The van der Waals surface area contributed by atoms with E-state index in [1.54, 1.807) is 0 Å². The SMILES string of the molecule is CC(N)(CC(=O)N1CCS(=O)(=O)CC1)C(=O)O. The summed E-state index contributed by atoms with van der Waals surface area (Å²) in [7, 11) is -3.05. The summed E-state index contributed by atoms with van der Waals surface area (Å²) < 4.78 is 22.3.